The predicted octanol–water partition coefficient (Wildman–Crippen LogP) is 3.51. The van der Waals surface area contributed by atoms with Gasteiger partial charge in [0.15, 0.2) is 0 Å². The summed E-state index contributed by atoms with van der Waals surface area (Å²) in [7, 11) is 0. The van der Waals surface area contributed by atoms with Crippen molar-refractivity contribution in [2.45, 2.75) is 19.0 Å². The van der Waals surface area contributed by atoms with Crippen molar-refractivity contribution in [1.82, 2.24) is 9.97 Å². The number of aromatic amines is 1. The highest BCUT2D eigenvalue weighted by Crippen LogP contribution is 2.30. The number of H-pyrrole nitrogens is 1. The summed E-state index contributed by atoms with van der Waals surface area (Å²) in [6, 6.07) is 11.2. The number of anilines is 1. The maximum atomic E-state index is 12.7. The van der Waals surface area contributed by atoms with Gasteiger partial charge in [-0.05, 0) is 30.3 Å². The molecule has 3 rings (SSSR count). The Kier molecular flexibility index (Phi) is 4.75. The van der Waals surface area contributed by atoms with E-state index in [1.165, 1.54) is 12.1 Å². The van der Waals surface area contributed by atoms with Crippen molar-refractivity contribution in [3.8, 4) is 0 Å². The Hall–Kier alpha value is -3.16. The van der Waals surface area contributed by atoms with Crippen LogP contribution in [0.4, 0.5) is 18.9 Å². The number of rotatable bonds is 4. The molecule has 26 heavy (non-hydrogen) atoms. The van der Waals surface area contributed by atoms with Gasteiger partial charge in [-0.15, -0.1) is 0 Å². The van der Waals surface area contributed by atoms with E-state index in [1.54, 1.807) is 24.3 Å². The summed E-state index contributed by atoms with van der Waals surface area (Å²) in [6.07, 6.45) is -4.35. The van der Waals surface area contributed by atoms with Crippen LogP contribution in [0.2, 0.25) is 0 Å². The van der Waals surface area contributed by atoms with Crippen molar-refractivity contribution in [3.05, 3.63) is 70.3 Å². The molecule has 1 amide bonds. The number of amides is 1. The molecule has 0 saturated heterocycles. The van der Waals surface area contributed by atoms with Gasteiger partial charge >= 0.3 is 6.18 Å². The van der Waals surface area contributed by atoms with Crippen LogP contribution in [-0.2, 0) is 17.4 Å². The smallest absolute Gasteiger partial charge is 0.326 e. The molecule has 134 valence electrons. The molecule has 0 aliphatic heterocycles. The van der Waals surface area contributed by atoms with Crippen LogP contribution < -0.4 is 10.9 Å². The number of fused-ring (bicyclic) bond motifs is 1. The van der Waals surface area contributed by atoms with Gasteiger partial charge in [-0.1, -0.05) is 18.2 Å². The van der Waals surface area contributed by atoms with Gasteiger partial charge < -0.3 is 10.3 Å². The normalized spacial score (nSPS) is 11.5. The van der Waals surface area contributed by atoms with Crippen molar-refractivity contribution in [2.75, 3.05) is 5.32 Å². The van der Waals surface area contributed by atoms with Crippen molar-refractivity contribution in [3.63, 3.8) is 0 Å². The van der Waals surface area contributed by atoms with Gasteiger partial charge in [0.2, 0.25) is 5.91 Å². The van der Waals surface area contributed by atoms with Crippen LogP contribution in [0.3, 0.4) is 0 Å². The molecule has 1 heterocycles. The number of aryl methyl sites for hydroxylation is 1. The van der Waals surface area contributed by atoms with Crippen molar-refractivity contribution >= 4 is 22.5 Å². The van der Waals surface area contributed by atoms with E-state index in [0.29, 0.717) is 16.7 Å². The standard InChI is InChI=1S/C18H14F3N3O2/c19-18(20,21)11-4-3-5-12(10-11)22-16(25)9-8-15-23-14-7-2-1-6-13(14)17(26)24-15/h1-7,10H,8-9H2,(H,22,25)(H,23,24,26). The molecule has 0 spiro atoms. The highest BCUT2D eigenvalue weighted by atomic mass is 19.4. The fourth-order valence-electron chi connectivity index (χ4n) is 2.48. The largest absolute Gasteiger partial charge is 0.416 e. The SMILES string of the molecule is O=C(CCc1nc2ccccc2c(=O)[nH]1)Nc1cccc(C(F)(F)F)c1. The van der Waals surface area contributed by atoms with Crippen molar-refractivity contribution in [1.29, 1.82) is 0 Å². The molecule has 0 saturated carbocycles. The van der Waals surface area contributed by atoms with E-state index in [4.69, 9.17) is 0 Å². The summed E-state index contributed by atoms with van der Waals surface area (Å²) in [4.78, 5) is 30.8. The Bertz CT molecular complexity index is 1010. The van der Waals surface area contributed by atoms with Crippen LogP contribution in [0.5, 0.6) is 0 Å². The summed E-state index contributed by atoms with van der Waals surface area (Å²) in [5, 5.41) is 2.87. The molecular weight excluding hydrogens is 347 g/mol. The van der Waals surface area contributed by atoms with E-state index in [9.17, 15) is 22.8 Å². The Balaban J connectivity index is 1.67. The first-order valence-corrected chi connectivity index (χ1v) is 7.78. The van der Waals surface area contributed by atoms with E-state index in [1.807, 2.05) is 0 Å². The Morgan fingerprint density at radius 1 is 1.12 bits per heavy atom. The number of para-hydroxylation sites is 1. The van der Waals surface area contributed by atoms with Gasteiger partial charge in [0.05, 0.1) is 16.5 Å². The Morgan fingerprint density at radius 3 is 2.65 bits per heavy atom. The number of hydrogen-bond acceptors (Lipinski definition) is 3. The highest BCUT2D eigenvalue weighted by Gasteiger charge is 2.30. The molecule has 0 fully saturated rings. The minimum absolute atomic E-state index is 0.0302. The van der Waals surface area contributed by atoms with E-state index in [2.05, 4.69) is 15.3 Å². The van der Waals surface area contributed by atoms with Gasteiger partial charge in [-0.3, -0.25) is 9.59 Å². The zero-order valence-corrected chi connectivity index (χ0v) is 13.4. The second kappa shape index (κ2) is 6.99. The molecule has 0 unspecified atom stereocenters. The average molecular weight is 361 g/mol. The molecule has 1 aromatic heterocycles. The molecule has 0 bridgehead atoms. The number of carbonyl (C=O) groups is 1. The zero-order chi connectivity index (χ0) is 18.7. The van der Waals surface area contributed by atoms with E-state index in [-0.39, 0.29) is 24.1 Å². The van der Waals surface area contributed by atoms with Gasteiger partial charge in [-0.25, -0.2) is 4.98 Å². The number of nitrogens with one attached hydrogen (secondary N) is 2. The van der Waals surface area contributed by atoms with Crippen LogP contribution >= 0.6 is 0 Å². The summed E-state index contributed by atoms with van der Waals surface area (Å²) in [5.74, 6) is -0.131. The lowest BCUT2D eigenvalue weighted by Gasteiger charge is -2.10. The van der Waals surface area contributed by atoms with Gasteiger partial charge in [0, 0.05) is 18.5 Å². The van der Waals surface area contributed by atoms with Gasteiger partial charge in [-0.2, -0.15) is 13.2 Å². The summed E-state index contributed by atoms with van der Waals surface area (Å²) in [5.41, 5.74) is -0.561. The number of aromatic nitrogens is 2. The second-order valence-electron chi connectivity index (χ2n) is 5.66. The maximum absolute atomic E-state index is 12.7. The van der Waals surface area contributed by atoms with Gasteiger partial charge in [0.1, 0.15) is 5.82 Å². The number of halogens is 3. The van der Waals surface area contributed by atoms with Crippen LogP contribution in [-0.4, -0.2) is 15.9 Å². The van der Waals surface area contributed by atoms with Crippen molar-refractivity contribution in [2.24, 2.45) is 0 Å². The quantitative estimate of drug-likeness (QED) is 0.747. The Morgan fingerprint density at radius 2 is 1.88 bits per heavy atom. The lowest BCUT2D eigenvalue weighted by molar-refractivity contribution is -0.137. The third kappa shape index (κ3) is 4.08. The van der Waals surface area contributed by atoms with E-state index in [0.717, 1.165) is 12.1 Å². The number of carbonyl (C=O) groups excluding carboxylic acids is 1. The summed E-state index contributed by atoms with van der Waals surface area (Å²) >= 11 is 0. The van der Waals surface area contributed by atoms with Crippen molar-refractivity contribution < 1.29 is 18.0 Å². The molecule has 0 radical (unpaired) electrons. The van der Waals surface area contributed by atoms with E-state index < -0.39 is 17.6 Å². The first-order chi connectivity index (χ1) is 12.3. The third-order valence-electron chi connectivity index (χ3n) is 3.72. The van der Waals surface area contributed by atoms with E-state index >= 15 is 0 Å². The molecule has 3 aromatic rings. The first-order valence-electron chi connectivity index (χ1n) is 7.78. The van der Waals surface area contributed by atoms with Crippen LogP contribution in [0.15, 0.2) is 53.3 Å². The minimum atomic E-state index is -4.48. The molecule has 0 aliphatic carbocycles. The fourth-order valence-corrected chi connectivity index (χ4v) is 2.48. The molecule has 5 nitrogen and oxygen atoms in total. The lowest BCUT2D eigenvalue weighted by atomic mass is 10.2. The van der Waals surface area contributed by atoms with Crippen LogP contribution in [0, 0.1) is 0 Å². The molecule has 8 heteroatoms. The number of nitrogens with zero attached hydrogens (tertiary/aromatic N) is 1. The highest BCUT2D eigenvalue weighted by molar-refractivity contribution is 5.90. The average Bonchev–Trinajstić information content (AvgIpc) is 2.59. The second-order valence-corrected chi connectivity index (χ2v) is 5.66. The van der Waals surface area contributed by atoms with Crippen LogP contribution in [0.1, 0.15) is 17.8 Å². The minimum Gasteiger partial charge on any atom is -0.326 e. The number of benzene rings is 2. The number of hydrogen-bond donors (Lipinski definition) is 2. The van der Waals surface area contributed by atoms with Gasteiger partial charge in [0.25, 0.3) is 5.56 Å². The van der Waals surface area contributed by atoms with Crippen LogP contribution in [0.25, 0.3) is 10.9 Å². The molecule has 0 aliphatic rings. The molecule has 2 N–H and O–H groups in total. The number of alkyl halides is 3. The third-order valence-corrected chi connectivity index (χ3v) is 3.72. The topological polar surface area (TPSA) is 74.8 Å². The summed E-state index contributed by atoms with van der Waals surface area (Å²) in [6.45, 7) is 0. The fraction of sp³-hybridized carbons (Fsp3) is 0.167. The zero-order valence-electron chi connectivity index (χ0n) is 13.4. The molecule has 2 aromatic carbocycles. The predicted molar refractivity (Wildman–Crippen MR) is 90.8 cm³/mol. The maximum Gasteiger partial charge on any atom is 0.416 e. The molecular formula is C18H14F3N3O2. The monoisotopic (exact) mass is 361 g/mol. The lowest BCUT2D eigenvalue weighted by Crippen LogP contribution is -2.16. The Labute approximate surface area is 145 Å². The first kappa shape index (κ1) is 17.7. The molecule has 0 atom stereocenters. The summed E-state index contributed by atoms with van der Waals surface area (Å²) < 4.78 is 38.1.